The predicted molar refractivity (Wildman–Crippen MR) is 66.0 cm³/mol. The van der Waals surface area contributed by atoms with Crippen molar-refractivity contribution in [3.63, 3.8) is 0 Å². The summed E-state index contributed by atoms with van der Waals surface area (Å²) in [6.45, 7) is 0.691. The third-order valence-corrected chi connectivity index (χ3v) is 2.15. The van der Waals surface area contributed by atoms with Crippen LogP contribution in [0.25, 0.3) is 0 Å². The van der Waals surface area contributed by atoms with Gasteiger partial charge in [-0.1, -0.05) is 0 Å². The maximum Gasteiger partial charge on any atom is 0.251 e. The number of carbonyl (C=O) groups is 1. The molecule has 0 bridgehead atoms. The summed E-state index contributed by atoms with van der Waals surface area (Å²) >= 11 is 0. The van der Waals surface area contributed by atoms with Gasteiger partial charge >= 0.3 is 0 Å². The van der Waals surface area contributed by atoms with Gasteiger partial charge in [0.15, 0.2) is 0 Å². The molecule has 6 heteroatoms. The van der Waals surface area contributed by atoms with Gasteiger partial charge in [-0.05, 0) is 24.3 Å². The predicted octanol–water partition coefficient (Wildman–Crippen LogP) is 1.08. The molecule has 0 saturated heterocycles. The van der Waals surface area contributed by atoms with E-state index in [1.165, 1.54) is 30.5 Å². The minimum Gasteiger partial charge on any atom is -0.387 e. The van der Waals surface area contributed by atoms with E-state index in [0.29, 0.717) is 18.7 Å². The van der Waals surface area contributed by atoms with Crippen LogP contribution in [0.1, 0.15) is 10.4 Å². The molecule has 0 aromatic heterocycles. The van der Waals surface area contributed by atoms with E-state index in [1.807, 2.05) is 0 Å². The van der Waals surface area contributed by atoms with Gasteiger partial charge in [0, 0.05) is 24.9 Å². The average molecular weight is 258 g/mol. The number of nitriles is 2. The SMILES string of the molecule is N#CC(C#N)=CNCCNC(=O)c1ccc(F)cc1. The molecule has 0 saturated carbocycles. The topological polar surface area (TPSA) is 88.7 Å². The molecule has 0 aliphatic carbocycles. The summed E-state index contributed by atoms with van der Waals surface area (Å²) in [6.07, 6.45) is 1.28. The Morgan fingerprint density at radius 3 is 2.42 bits per heavy atom. The maximum atomic E-state index is 12.6. The molecule has 0 fully saturated rings. The number of nitrogens with zero attached hydrogens (tertiary/aromatic N) is 2. The first-order valence-corrected chi connectivity index (χ1v) is 5.45. The summed E-state index contributed by atoms with van der Waals surface area (Å²) in [5.41, 5.74) is 0.330. The second-order valence-electron chi connectivity index (χ2n) is 3.50. The van der Waals surface area contributed by atoms with Crippen LogP contribution in [0.4, 0.5) is 4.39 Å². The highest BCUT2D eigenvalue weighted by molar-refractivity contribution is 5.94. The second kappa shape index (κ2) is 7.46. The zero-order chi connectivity index (χ0) is 14.1. The Bertz CT molecular complexity index is 535. The largest absolute Gasteiger partial charge is 0.387 e. The lowest BCUT2D eigenvalue weighted by Gasteiger charge is -2.05. The quantitative estimate of drug-likeness (QED) is 0.611. The lowest BCUT2D eigenvalue weighted by Crippen LogP contribution is -2.30. The molecule has 0 unspecified atom stereocenters. The number of allylic oxidation sites excluding steroid dienone is 1. The molecule has 1 amide bonds. The summed E-state index contributed by atoms with van der Waals surface area (Å²) in [5.74, 6) is -0.713. The first-order chi connectivity index (χ1) is 9.17. The smallest absolute Gasteiger partial charge is 0.251 e. The third-order valence-electron chi connectivity index (χ3n) is 2.15. The molecule has 0 heterocycles. The van der Waals surface area contributed by atoms with E-state index in [1.54, 1.807) is 12.1 Å². The Morgan fingerprint density at radius 2 is 1.84 bits per heavy atom. The first kappa shape index (κ1) is 14.2. The highest BCUT2D eigenvalue weighted by atomic mass is 19.1. The molecule has 0 spiro atoms. The number of nitrogens with one attached hydrogen (secondary N) is 2. The lowest BCUT2D eigenvalue weighted by molar-refractivity contribution is 0.0954. The van der Waals surface area contributed by atoms with Crippen molar-refractivity contribution in [3.05, 3.63) is 47.4 Å². The summed E-state index contributed by atoms with van der Waals surface area (Å²) in [4.78, 5) is 11.6. The summed E-state index contributed by atoms with van der Waals surface area (Å²) in [6, 6.07) is 8.60. The molecule has 1 aromatic rings. The third kappa shape index (κ3) is 4.88. The van der Waals surface area contributed by atoms with Crippen molar-refractivity contribution in [2.24, 2.45) is 0 Å². The van der Waals surface area contributed by atoms with Gasteiger partial charge in [0.1, 0.15) is 23.5 Å². The Morgan fingerprint density at radius 1 is 1.21 bits per heavy atom. The Kier molecular flexibility index (Phi) is 5.58. The van der Waals surface area contributed by atoms with Gasteiger partial charge in [-0.3, -0.25) is 4.79 Å². The number of carbonyl (C=O) groups excluding carboxylic acids is 1. The number of halogens is 1. The number of amides is 1. The molecule has 0 aliphatic heterocycles. The maximum absolute atomic E-state index is 12.6. The van der Waals surface area contributed by atoms with E-state index in [4.69, 9.17) is 10.5 Å². The molecule has 0 radical (unpaired) electrons. The number of hydrogen-bond acceptors (Lipinski definition) is 4. The Balaban J connectivity index is 2.33. The molecule has 0 aliphatic rings. The van der Waals surface area contributed by atoms with E-state index >= 15 is 0 Å². The van der Waals surface area contributed by atoms with E-state index in [0.717, 1.165) is 0 Å². The van der Waals surface area contributed by atoms with Gasteiger partial charge in [-0.2, -0.15) is 10.5 Å². The Hall–Kier alpha value is -2.86. The van der Waals surface area contributed by atoms with E-state index in [2.05, 4.69) is 10.6 Å². The van der Waals surface area contributed by atoms with E-state index < -0.39 is 5.82 Å². The molecular formula is C13H11FN4O. The standard InChI is InChI=1S/C13H11FN4O/c14-12-3-1-11(2-4-12)13(19)18-6-5-17-9-10(7-15)8-16/h1-4,9,17H,5-6H2,(H,18,19). The molecule has 19 heavy (non-hydrogen) atoms. The van der Waals surface area contributed by atoms with Gasteiger partial charge in [-0.25, -0.2) is 4.39 Å². The van der Waals surface area contributed by atoms with Gasteiger partial charge in [-0.15, -0.1) is 0 Å². The molecule has 5 nitrogen and oxygen atoms in total. The molecule has 1 rings (SSSR count). The number of rotatable bonds is 5. The summed E-state index contributed by atoms with van der Waals surface area (Å²) in [5, 5.41) is 22.3. The van der Waals surface area contributed by atoms with Crippen LogP contribution in [-0.4, -0.2) is 19.0 Å². The van der Waals surface area contributed by atoms with Crippen LogP contribution in [0.3, 0.4) is 0 Å². The second-order valence-corrected chi connectivity index (χ2v) is 3.50. The zero-order valence-electron chi connectivity index (χ0n) is 9.98. The minimum absolute atomic E-state index is 0.0372. The van der Waals surface area contributed by atoms with Crippen LogP contribution in [-0.2, 0) is 0 Å². The number of hydrogen-bond donors (Lipinski definition) is 2. The van der Waals surface area contributed by atoms with Gasteiger partial charge in [0.2, 0.25) is 0 Å². The fourth-order valence-corrected chi connectivity index (χ4v) is 1.22. The molecule has 2 N–H and O–H groups in total. The van der Waals surface area contributed by atoms with Gasteiger partial charge in [0.25, 0.3) is 5.91 Å². The first-order valence-electron chi connectivity index (χ1n) is 5.45. The van der Waals surface area contributed by atoms with Crippen LogP contribution >= 0.6 is 0 Å². The average Bonchev–Trinajstić information content (AvgIpc) is 2.43. The minimum atomic E-state index is -0.399. The van der Waals surface area contributed by atoms with Crippen molar-refractivity contribution in [1.29, 1.82) is 10.5 Å². The number of benzene rings is 1. The molecular weight excluding hydrogens is 247 g/mol. The fourth-order valence-electron chi connectivity index (χ4n) is 1.22. The summed E-state index contributed by atoms with van der Waals surface area (Å²) < 4.78 is 12.6. The van der Waals surface area contributed by atoms with Crippen LogP contribution in [0.2, 0.25) is 0 Å². The highest BCUT2D eigenvalue weighted by Crippen LogP contribution is 2.01. The van der Waals surface area contributed by atoms with Crippen molar-refractivity contribution in [3.8, 4) is 12.1 Å². The van der Waals surface area contributed by atoms with Crippen LogP contribution in [0.15, 0.2) is 36.0 Å². The zero-order valence-corrected chi connectivity index (χ0v) is 9.98. The highest BCUT2D eigenvalue weighted by Gasteiger charge is 2.03. The Labute approximate surface area is 110 Å². The van der Waals surface area contributed by atoms with Gasteiger partial charge in [0.05, 0.1) is 0 Å². The van der Waals surface area contributed by atoms with Crippen molar-refractivity contribution >= 4 is 5.91 Å². The van der Waals surface area contributed by atoms with Crippen molar-refractivity contribution in [2.45, 2.75) is 0 Å². The van der Waals surface area contributed by atoms with E-state index in [-0.39, 0.29) is 11.5 Å². The van der Waals surface area contributed by atoms with E-state index in [9.17, 15) is 9.18 Å². The lowest BCUT2D eigenvalue weighted by atomic mass is 10.2. The van der Waals surface area contributed by atoms with Crippen molar-refractivity contribution in [2.75, 3.05) is 13.1 Å². The monoisotopic (exact) mass is 258 g/mol. The summed E-state index contributed by atoms with van der Waals surface area (Å²) in [7, 11) is 0. The fraction of sp³-hybridized carbons (Fsp3) is 0.154. The van der Waals surface area contributed by atoms with Gasteiger partial charge < -0.3 is 10.6 Å². The van der Waals surface area contributed by atoms with Crippen molar-refractivity contribution < 1.29 is 9.18 Å². The molecule has 0 atom stereocenters. The van der Waals surface area contributed by atoms with Crippen LogP contribution in [0, 0.1) is 28.5 Å². The molecule has 1 aromatic carbocycles. The molecule has 96 valence electrons. The van der Waals surface area contributed by atoms with Crippen LogP contribution < -0.4 is 10.6 Å². The normalized spacial score (nSPS) is 8.79. The van der Waals surface area contributed by atoms with Crippen molar-refractivity contribution in [1.82, 2.24) is 10.6 Å². The van der Waals surface area contributed by atoms with Crippen LogP contribution in [0.5, 0.6) is 0 Å².